The Bertz CT molecular complexity index is 707. The van der Waals surface area contributed by atoms with Crippen LogP contribution in [0.2, 0.25) is 0 Å². The minimum absolute atomic E-state index is 0.146. The van der Waals surface area contributed by atoms with Crippen LogP contribution in [0, 0.1) is 22.0 Å². The Kier molecular flexibility index (Phi) is 7.24. The Balaban J connectivity index is 2.29. The van der Waals surface area contributed by atoms with E-state index in [0.29, 0.717) is 18.3 Å². The molecule has 1 aromatic carbocycles. The van der Waals surface area contributed by atoms with Crippen LogP contribution in [-0.2, 0) is 9.53 Å². The number of carbonyl (C=O) groups is 2. The Morgan fingerprint density at radius 1 is 1.30 bits per heavy atom. The average molecular weight is 394 g/mol. The number of rotatable bonds is 7. The van der Waals surface area contributed by atoms with E-state index in [0.717, 1.165) is 6.42 Å². The van der Waals surface area contributed by atoms with Gasteiger partial charge in [-0.3, -0.25) is 14.9 Å². The molecule has 0 N–H and O–H groups in total. The van der Waals surface area contributed by atoms with Gasteiger partial charge in [0.05, 0.1) is 16.9 Å². The number of amides is 1. The first-order chi connectivity index (χ1) is 12.7. The lowest BCUT2D eigenvalue weighted by atomic mass is 10.1. The van der Waals surface area contributed by atoms with Crippen molar-refractivity contribution in [3.63, 3.8) is 0 Å². The molecule has 0 saturated carbocycles. The molecule has 1 saturated heterocycles. The van der Waals surface area contributed by atoms with Gasteiger partial charge in [-0.05, 0) is 24.3 Å². The summed E-state index contributed by atoms with van der Waals surface area (Å²) in [5, 5.41) is 10.9. The standard InChI is InChI=1S/C19H26N2O5S/c1-12(2)8-17-20(16(11-27-17)19(23)26-10-13(3)4)18(22)14-6-5-7-15(9-14)21(24)25/h5-7,9,12-13,16-17H,8,10-11H2,1-4H3. The fraction of sp³-hybridized carbons (Fsp3) is 0.579. The van der Waals surface area contributed by atoms with Crippen molar-refractivity contribution in [2.45, 2.75) is 45.5 Å². The van der Waals surface area contributed by atoms with Gasteiger partial charge >= 0.3 is 5.97 Å². The van der Waals surface area contributed by atoms with Gasteiger partial charge in [0.25, 0.3) is 11.6 Å². The first-order valence-corrected chi connectivity index (χ1v) is 10.1. The number of benzene rings is 1. The van der Waals surface area contributed by atoms with E-state index in [-0.39, 0.29) is 28.4 Å². The summed E-state index contributed by atoms with van der Waals surface area (Å²) in [6.45, 7) is 8.31. The molecule has 7 nitrogen and oxygen atoms in total. The Labute approximate surface area is 163 Å². The van der Waals surface area contributed by atoms with Crippen LogP contribution in [0.25, 0.3) is 0 Å². The number of hydrogen-bond donors (Lipinski definition) is 0. The normalized spacial score (nSPS) is 19.6. The predicted octanol–water partition coefficient (Wildman–Crippen LogP) is 3.72. The fourth-order valence-corrected chi connectivity index (χ4v) is 4.47. The zero-order chi connectivity index (χ0) is 20.1. The highest BCUT2D eigenvalue weighted by atomic mass is 32.2. The molecule has 1 heterocycles. The van der Waals surface area contributed by atoms with Crippen molar-refractivity contribution in [1.29, 1.82) is 0 Å². The first-order valence-electron chi connectivity index (χ1n) is 9.06. The van der Waals surface area contributed by atoms with Crippen molar-refractivity contribution in [3.8, 4) is 0 Å². The molecule has 2 unspecified atom stereocenters. The van der Waals surface area contributed by atoms with E-state index in [1.165, 1.54) is 18.2 Å². The number of carbonyl (C=O) groups excluding carboxylic acids is 2. The minimum Gasteiger partial charge on any atom is -0.464 e. The van der Waals surface area contributed by atoms with Gasteiger partial charge in [-0.2, -0.15) is 0 Å². The van der Waals surface area contributed by atoms with Crippen LogP contribution >= 0.6 is 11.8 Å². The quantitative estimate of drug-likeness (QED) is 0.398. The van der Waals surface area contributed by atoms with Crippen molar-refractivity contribution in [2.75, 3.05) is 12.4 Å². The Hall–Kier alpha value is -2.09. The monoisotopic (exact) mass is 394 g/mol. The SMILES string of the molecule is CC(C)COC(=O)C1CSC(CC(C)C)N1C(=O)c1cccc([N+](=O)[O-])c1. The third kappa shape index (κ3) is 5.45. The Morgan fingerprint density at radius 2 is 2.00 bits per heavy atom. The molecule has 0 bridgehead atoms. The van der Waals surface area contributed by atoms with Crippen molar-refractivity contribution in [1.82, 2.24) is 4.90 Å². The summed E-state index contributed by atoms with van der Waals surface area (Å²) >= 11 is 1.55. The van der Waals surface area contributed by atoms with E-state index in [1.807, 2.05) is 13.8 Å². The smallest absolute Gasteiger partial charge is 0.329 e. The van der Waals surface area contributed by atoms with E-state index in [9.17, 15) is 19.7 Å². The number of esters is 1. The number of hydrogen-bond acceptors (Lipinski definition) is 6. The van der Waals surface area contributed by atoms with Crippen LogP contribution in [0.1, 0.15) is 44.5 Å². The summed E-state index contributed by atoms with van der Waals surface area (Å²) in [5.74, 6) is 0.223. The van der Waals surface area contributed by atoms with Crippen LogP contribution in [-0.4, -0.2) is 45.5 Å². The highest BCUT2D eigenvalue weighted by molar-refractivity contribution is 8.00. The molecule has 1 fully saturated rings. The Morgan fingerprint density at radius 3 is 2.59 bits per heavy atom. The summed E-state index contributed by atoms with van der Waals surface area (Å²) in [7, 11) is 0. The fourth-order valence-electron chi connectivity index (χ4n) is 2.85. The van der Waals surface area contributed by atoms with E-state index < -0.39 is 16.9 Å². The molecule has 2 atom stereocenters. The molecule has 1 aromatic rings. The lowest BCUT2D eigenvalue weighted by Crippen LogP contribution is -2.46. The first kappa shape index (κ1) is 21.2. The van der Waals surface area contributed by atoms with Crippen molar-refractivity contribution in [2.24, 2.45) is 11.8 Å². The van der Waals surface area contributed by atoms with Gasteiger partial charge in [-0.25, -0.2) is 4.79 Å². The van der Waals surface area contributed by atoms with Gasteiger partial charge in [0.1, 0.15) is 6.04 Å². The number of thioether (sulfide) groups is 1. The number of nitro benzene ring substituents is 1. The number of ether oxygens (including phenoxy) is 1. The molecule has 0 radical (unpaired) electrons. The van der Waals surface area contributed by atoms with Crippen LogP contribution < -0.4 is 0 Å². The van der Waals surface area contributed by atoms with E-state index in [1.54, 1.807) is 22.7 Å². The number of nitrogens with zero attached hydrogens (tertiary/aromatic N) is 2. The molecule has 0 aromatic heterocycles. The summed E-state index contributed by atoms with van der Waals surface area (Å²) in [5.41, 5.74) is 0.0640. The highest BCUT2D eigenvalue weighted by Gasteiger charge is 2.43. The molecule has 0 aliphatic carbocycles. The summed E-state index contributed by atoms with van der Waals surface area (Å²) in [6.07, 6.45) is 0.735. The van der Waals surface area contributed by atoms with Crippen LogP contribution in [0.3, 0.4) is 0 Å². The van der Waals surface area contributed by atoms with Gasteiger partial charge in [0, 0.05) is 23.4 Å². The number of non-ortho nitro benzene ring substituents is 1. The van der Waals surface area contributed by atoms with E-state index in [2.05, 4.69) is 13.8 Å². The maximum Gasteiger partial charge on any atom is 0.329 e. The zero-order valence-electron chi connectivity index (χ0n) is 16.1. The molecule has 8 heteroatoms. The molecule has 2 rings (SSSR count). The molecule has 27 heavy (non-hydrogen) atoms. The van der Waals surface area contributed by atoms with Crippen LogP contribution in [0.4, 0.5) is 5.69 Å². The van der Waals surface area contributed by atoms with Crippen molar-refractivity contribution >= 4 is 29.3 Å². The third-order valence-electron chi connectivity index (χ3n) is 4.13. The second kappa shape index (κ2) is 9.21. The molecule has 1 amide bonds. The van der Waals surface area contributed by atoms with Crippen LogP contribution in [0.15, 0.2) is 24.3 Å². The topological polar surface area (TPSA) is 89.8 Å². The second-order valence-electron chi connectivity index (χ2n) is 7.48. The van der Waals surface area contributed by atoms with Crippen LogP contribution in [0.5, 0.6) is 0 Å². The maximum atomic E-state index is 13.1. The third-order valence-corrected chi connectivity index (χ3v) is 5.45. The van der Waals surface area contributed by atoms with Gasteiger partial charge < -0.3 is 9.64 Å². The predicted molar refractivity (Wildman–Crippen MR) is 105 cm³/mol. The largest absolute Gasteiger partial charge is 0.464 e. The molecule has 148 valence electrons. The highest BCUT2D eigenvalue weighted by Crippen LogP contribution is 2.35. The van der Waals surface area contributed by atoms with Gasteiger partial charge in [-0.15, -0.1) is 11.8 Å². The van der Waals surface area contributed by atoms with Gasteiger partial charge in [0.2, 0.25) is 0 Å². The van der Waals surface area contributed by atoms with Crippen molar-refractivity contribution < 1.29 is 19.2 Å². The van der Waals surface area contributed by atoms with Gasteiger partial charge in [-0.1, -0.05) is 33.8 Å². The average Bonchev–Trinajstić information content (AvgIpc) is 3.01. The minimum atomic E-state index is -0.677. The summed E-state index contributed by atoms with van der Waals surface area (Å²) in [4.78, 5) is 37.8. The molecule has 1 aliphatic heterocycles. The molecular formula is C19H26N2O5S. The number of nitro groups is 1. The maximum absolute atomic E-state index is 13.1. The lowest BCUT2D eigenvalue weighted by molar-refractivity contribution is -0.384. The zero-order valence-corrected chi connectivity index (χ0v) is 16.9. The van der Waals surface area contributed by atoms with Gasteiger partial charge in [0.15, 0.2) is 0 Å². The lowest BCUT2D eigenvalue weighted by Gasteiger charge is -2.29. The van der Waals surface area contributed by atoms with E-state index >= 15 is 0 Å². The van der Waals surface area contributed by atoms with E-state index in [4.69, 9.17) is 4.74 Å². The second-order valence-corrected chi connectivity index (χ2v) is 8.69. The van der Waals surface area contributed by atoms with Crippen molar-refractivity contribution in [3.05, 3.63) is 39.9 Å². The summed E-state index contributed by atoms with van der Waals surface area (Å²) in [6, 6.07) is 4.95. The molecule has 1 aliphatic rings. The molecular weight excluding hydrogens is 368 g/mol. The summed E-state index contributed by atoms with van der Waals surface area (Å²) < 4.78 is 5.36. The molecule has 0 spiro atoms.